The van der Waals surface area contributed by atoms with E-state index in [4.69, 9.17) is 5.26 Å². The molecule has 0 fully saturated rings. The minimum Gasteiger partial charge on any atom is -0.467 e. The highest BCUT2D eigenvalue weighted by Gasteiger charge is 2.12. The van der Waals surface area contributed by atoms with Crippen molar-refractivity contribution in [3.8, 4) is 6.07 Å². The molecule has 0 saturated heterocycles. The molecule has 84 valence electrons. The number of halogens is 1. The van der Waals surface area contributed by atoms with Gasteiger partial charge in [-0.25, -0.2) is 4.79 Å². The maximum atomic E-state index is 11.2. The van der Waals surface area contributed by atoms with Crippen LogP contribution in [0.25, 0.3) is 0 Å². The zero-order chi connectivity index (χ0) is 12.1. The van der Waals surface area contributed by atoms with Crippen molar-refractivity contribution in [1.29, 1.82) is 5.26 Å². The minimum atomic E-state index is -0.426. The molecule has 0 aliphatic rings. The van der Waals surface area contributed by atoms with Gasteiger partial charge in [0.1, 0.15) is 12.1 Å². The number of hydrogen-bond acceptors (Lipinski definition) is 4. The third-order valence-electron chi connectivity index (χ3n) is 2.03. The van der Waals surface area contributed by atoms with E-state index in [-0.39, 0.29) is 5.97 Å². The Labute approximate surface area is 102 Å². The lowest BCUT2D eigenvalue weighted by atomic mass is 10.2. The molecule has 1 N–H and O–H groups in total. The largest absolute Gasteiger partial charge is 0.467 e. The molecule has 0 aliphatic heterocycles. The number of hydrogen-bond donors (Lipinski definition) is 1. The number of esters is 1. The van der Waals surface area contributed by atoms with Gasteiger partial charge in [-0.3, -0.25) is 0 Å². The number of rotatable bonds is 3. The van der Waals surface area contributed by atoms with Gasteiger partial charge in [-0.05, 0) is 41.1 Å². The van der Waals surface area contributed by atoms with E-state index in [2.05, 4.69) is 26.0 Å². The fourth-order valence-electron chi connectivity index (χ4n) is 1.18. The Bertz CT molecular complexity index is 440. The molecule has 1 atom stereocenters. The molecule has 1 unspecified atom stereocenters. The molecule has 16 heavy (non-hydrogen) atoms. The predicted molar refractivity (Wildman–Crippen MR) is 64.0 cm³/mol. The molecule has 0 amide bonds. The van der Waals surface area contributed by atoms with E-state index < -0.39 is 6.04 Å². The first-order valence-corrected chi connectivity index (χ1v) is 5.41. The molecule has 4 nitrogen and oxygen atoms in total. The molecule has 0 saturated carbocycles. The second-order valence-electron chi connectivity index (χ2n) is 3.20. The molecule has 0 radical (unpaired) electrons. The molecule has 0 spiro atoms. The van der Waals surface area contributed by atoms with Crippen molar-refractivity contribution in [1.82, 2.24) is 0 Å². The first kappa shape index (κ1) is 12.5. The smallest absolute Gasteiger partial charge is 0.327 e. The summed E-state index contributed by atoms with van der Waals surface area (Å²) in [5.74, 6) is -0.333. The quantitative estimate of drug-likeness (QED) is 0.864. The van der Waals surface area contributed by atoms with Gasteiger partial charge in [0.05, 0.1) is 12.7 Å². The van der Waals surface area contributed by atoms with Crippen LogP contribution in [0.3, 0.4) is 0 Å². The van der Waals surface area contributed by atoms with E-state index in [0.29, 0.717) is 10.0 Å². The molecule has 1 rings (SSSR count). The molecular formula is C11H11BrN2O2. The van der Waals surface area contributed by atoms with Crippen molar-refractivity contribution in [2.45, 2.75) is 13.0 Å². The fourth-order valence-corrected chi connectivity index (χ4v) is 1.65. The lowest BCUT2D eigenvalue weighted by molar-refractivity contribution is -0.141. The number of nitriles is 1. The van der Waals surface area contributed by atoms with Gasteiger partial charge in [0, 0.05) is 10.2 Å². The van der Waals surface area contributed by atoms with Crippen molar-refractivity contribution in [3.63, 3.8) is 0 Å². The number of benzene rings is 1. The first-order chi connectivity index (χ1) is 7.58. The predicted octanol–water partition coefficient (Wildman–Crippen LogP) is 2.29. The second kappa shape index (κ2) is 5.52. The van der Waals surface area contributed by atoms with Gasteiger partial charge in [0.15, 0.2) is 0 Å². The molecular weight excluding hydrogens is 272 g/mol. The van der Waals surface area contributed by atoms with Crippen LogP contribution in [0.4, 0.5) is 5.69 Å². The van der Waals surface area contributed by atoms with Crippen LogP contribution in [0.2, 0.25) is 0 Å². The van der Waals surface area contributed by atoms with Gasteiger partial charge in [-0.1, -0.05) is 0 Å². The van der Waals surface area contributed by atoms with Gasteiger partial charge in [0.2, 0.25) is 0 Å². The average molecular weight is 283 g/mol. The van der Waals surface area contributed by atoms with Crippen LogP contribution in [-0.2, 0) is 9.53 Å². The van der Waals surface area contributed by atoms with E-state index in [1.54, 1.807) is 25.1 Å². The summed E-state index contributed by atoms with van der Waals surface area (Å²) in [6.45, 7) is 1.71. The Morgan fingerprint density at radius 2 is 2.31 bits per heavy atom. The number of ether oxygens (including phenoxy) is 1. The summed E-state index contributed by atoms with van der Waals surface area (Å²) in [7, 11) is 1.34. The van der Waals surface area contributed by atoms with Crippen LogP contribution < -0.4 is 5.32 Å². The maximum absolute atomic E-state index is 11.2. The number of carbonyl (C=O) groups is 1. The molecule has 0 aliphatic carbocycles. The van der Waals surface area contributed by atoms with Crippen molar-refractivity contribution < 1.29 is 9.53 Å². The Morgan fingerprint density at radius 1 is 1.62 bits per heavy atom. The third kappa shape index (κ3) is 2.97. The van der Waals surface area contributed by atoms with Crippen LogP contribution in [-0.4, -0.2) is 19.1 Å². The van der Waals surface area contributed by atoms with Gasteiger partial charge >= 0.3 is 5.97 Å². The summed E-state index contributed by atoms with van der Waals surface area (Å²) in [5.41, 5.74) is 1.31. The standard InChI is InChI=1S/C11H11BrN2O2/c1-7(11(15)16-2)14-9-4-3-8(6-13)10(12)5-9/h3-5,7,14H,1-2H3. The minimum absolute atomic E-state index is 0.333. The SMILES string of the molecule is COC(=O)C(C)Nc1ccc(C#N)c(Br)c1. The normalized spacial score (nSPS) is 11.4. The number of nitrogens with zero attached hydrogens (tertiary/aromatic N) is 1. The second-order valence-corrected chi connectivity index (χ2v) is 4.05. The van der Waals surface area contributed by atoms with Gasteiger partial charge < -0.3 is 10.1 Å². The molecule has 0 heterocycles. The lowest BCUT2D eigenvalue weighted by Gasteiger charge is -2.13. The fraction of sp³-hybridized carbons (Fsp3) is 0.273. The van der Waals surface area contributed by atoms with Crippen molar-refractivity contribution >= 4 is 27.6 Å². The average Bonchev–Trinajstić information content (AvgIpc) is 2.28. The maximum Gasteiger partial charge on any atom is 0.327 e. The highest BCUT2D eigenvalue weighted by atomic mass is 79.9. The summed E-state index contributed by atoms with van der Waals surface area (Å²) >= 11 is 3.27. The van der Waals surface area contributed by atoms with Crippen LogP contribution in [0.15, 0.2) is 22.7 Å². The van der Waals surface area contributed by atoms with Crippen molar-refractivity contribution in [3.05, 3.63) is 28.2 Å². The molecule has 5 heteroatoms. The highest BCUT2D eigenvalue weighted by Crippen LogP contribution is 2.21. The molecule has 1 aromatic rings. The zero-order valence-corrected chi connectivity index (χ0v) is 10.5. The molecule has 1 aromatic carbocycles. The summed E-state index contributed by atoms with van der Waals surface area (Å²) in [6.07, 6.45) is 0. The van der Waals surface area contributed by atoms with E-state index in [1.807, 2.05) is 6.07 Å². The van der Waals surface area contributed by atoms with Gasteiger partial charge in [-0.15, -0.1) is 0 Å². The van der Waals surface area contributed by atoms with Gasteiger partial charge in [0.25, 0.3) is 0 Å². The summed E-state index contributed by atoms with van der Waals surface area (Å²) < 4.78 is 5.29. The first-order valence-electron chi connectivity index (χ1n) is 4.62. The van der Waals surface area contributed by atoms with Crippen LogP contribution in [0, 0.1) is 11.3 Å². The molecule has 0 bridgehead atoms. The van der Waals surface area contributed by atoms with Crippen LogP contribution >= 0.6 is 15.9 Å². The summed E-state index contributed by atoms with van der Waals surface area (Å²) in [5, 5.41) is 11.7. The Balaban J connectivity index is 2.80. The van der Waals surface area contributed by atoms with Crippen LogP contribution in [0.5, 0.6) is 0 Å². The Kier molecular flexibility index (Phi) is 4.32. The lowest BCUT2D eigenvalue weighted by Crippen LogP contribution is -2.27. The number of anilines is 1. The van der Waals surface area contributed by atoms with Crippen molar-refractivity contribution in [2.24, 2.45) is 0 Å². The van der Waals surface area contributed by atoms with E-state index in [0.717, 1.165) is 5.69 Å². The van der Waals surface area contributed by atoms with Crippen molar-refractivity contribution in [2.75, 3.05) is 12.4 Å². The van der Waals surface area contributed by atoms with Crippen LogP contribution in [0.1, 0.15) is 12.5 Å². The van der Waals surface area contributed by atoms with E-state index >= 15 is 0 Å². The van der Waals surface area contributed by atoms with Gasteiger partial charge in [-0.2, -0.15) is 5.26 Å². The van der Waals surface area contributed by atoms with E-state index in [1.165, 1.54) is 7.11 Å². The molecule has 0 aromatic heterocycles. The third-order valence-corrected chi connectivity index (χ3v) is 2.68. The Hall–Kier alpha value is -1.54. The summed E-state index contributed by atoms with van der Waals surface area (Å²) in [4.78, 5) is 11.2. The summed E-state index contributed by atoms with van der Waals surface area (Å²) in [6, 6.07) is 6.78. The highest BCUT2D eigenvalue weighted by molar-refractivity contribution is 9.10. The monoisotopic (exact) mass is 282 g/mol. The topological polar surface area (TPSA) is 62.1 Å². The Morgan fingerprint density at radius 3 is 2.81 bits per heavy atom. The van der Waals surface area contributed by atoms with E-state index in [9.17, 15) is 4.79 Å². The number of carbonyl (C=O) groups excluding carboxylic acids is 1. The number of methoxy groups -OCH3 is 1. The zero-order valence-electron chi connectivity index (χ0n) is 8.95. The number of nitrogens with one attached hydrogen (secondary N) is 1.